The fourth-order valence-corrected chi connectivity index (χ4v) is 5.78. The van der Waals surface area contributed by atoms with E-state index >= 15 is 0 Å². The summed E-state index contributed by atoms with van der Waals surface area (Å²) in [5.41, 5.74) is 5.78. The molecule has 0 bridgehead atoms. The van der Waals surface area contributed by atoms with Crippen LogP contribution < -0.4 is 5.32 Å². The third kappa shape index (κ3) is 5.18. The standard InChI is InChI=1S/C25H34N2O3S/c1-17-10-11-22(31(29,30)27-12-8-6-7-9-13-27)16-24(17)25(28)26-21(5)23-15-19(3)18(2)14-20(23)4/h10-11,14-16,21H,6-9,12-13H2,1-5H3,(H,26,28)/t21-/m1/s1. The van der Waals surface area contributed by atoms with Crippen molar-refractivity contribution < 1.29 is 13.2 Å². The van der Waals surface area contributed by atoms with Gasteiger partial charge in [0.15, 0.2) is 0 Å². The Kier molecular flexibility index (Phi) is 7.22. The Hall–Kier alpha value is -2.18. The van der Waals surface area contributed by atoms with Gasteiger partial charge in [-0.3, -0.25) is 4.79 Å². The van der Waals surface area contributed by atoms with Crippen molar-refractivity contribution >= 4 is 15.9 Å². The van der Waals surface area contributed by atoms with E-state index in [1.165, 1.54) is 17.2 Å². The van der Waals surface area contributed by atoms with Crippen molar-refractivity contribution in [1.29, 1.82) is 0 Å². The van der Waals surface area contributed by atoms with Crippen LogP contribution in [0.25, 0.3) is 0 Å². The van der Waals surface area contributed by atoms with Crippen LogP contribution in [0.1, 0.15) is 76.8 Å². The van der Waals surface area contributed by atoms with Crippen molar-refractivity contribution in [3.05, 3.63) is 63.7 Å². The zero-order chi connectivity index (χ0) is 22.8. The first-order valence-corrected chi connectivity index (χ1v) is 12.5. The number of aryl methyl sites for hydroxylation is 4. The number of rotatable bonds is 5. The molecular formula is C25H34N2O3S. The molecule has 0 aliphatic carbocycles. The topological polar surface area (TPSA) is 66.5 Å². The van der Waals surface area contributed by atoms with Crippen molar-refractivity contribution in [2.75, 3.05) is 13.1 Å². The highest BCUT2D eigenvalue weighted by atomic mass is 32.2. The number of sulfonamides is 1. The molecule has 2 aromatic carbocycles. The molecule has 1 aliphatic rings. The molecule has 1 fully saturated rings. The first-order chi connectivity index (χ1) is 14.6. The minimum absolute atomic E-state index is 0.183. The van der Waals surface area contributed by atoms with Crippen LogP contribution in [-0.4, -0.2) is 31.7 Å². The van der Waals surface area contributed by atoms with E-state index in [9.17, 15) is 13.2 Å². The molecule has 1 aliphatic heterocycles. The zero-order valence-electron chi connectivity index (χ0n) is 19.3. The molecule has 1 atom stereocenters. The maximum atomic E-state index is 13.2. The van der Waals surface area contributed by atoms with Gasteiger partial charge in [0.1, 0.15) is 0 Å². The fourth-order valence-electron chi connectivity index (χ4n) is 4.24. The van der Waals surface area contributed by atoms with Crippen LogP contribution in [0, 0.1) is 27.7 Å². The van der Waals surface area contributed by atoms with E-state index in [1.807, 2.05) is 20.8 Å². The number of hydrogen-bond donors (Lipinski definition) is 1. The van der Waals surface area contributed by atoms with Crippen LogP contribution in [0.2, 0.25) is 0 Å². The average molecular weight is 443 g/mol. The summed E-state index contributed by atoms with van der Waals surface area (Å²) in [5.74, 6) is -0.254. The Morgan fingerprint density at radius 2 is 1.48 bits per heavy atom. The minimum atomic E-state index is -3.60. The van der Waals surface area contributed by atoms with Crippen LogP contribution in [0.3, 0.4) is 0 Å². The van der Waals surface area contributed by atoms with Crippen molar-refractivity contribution in [2.45, 2.75) is 71.2 Å². The van der Waals surface area contributed by atoms with Crippen LogP contribution in [0.15, 0.2) is 35.2 Å². The van der Waals surface area contributed by atoms with Gasteiger partial charge >= 0.3 is 0 Å². The summed E-state index contributed by atoms with van der Waals surface area (Å²) in [7, 11) is -3.60. The first kappa shape index (κ1) is 23.5. The molecule has 1 N–H and O–H groups in total. The molecule has 168 valence electrons. The van der Waals surface area contributed by atoms with Gasteiger partial charge in [-0.2, -0.15) is 4.31 Å². The van der Waals surface area contributed by atoms with Crippen molar-refractivity contribution in [1.82, 2.24) is 9.62 Å². The summed E-state index contributed by atoms with van der Waals surface area (Å²) < 4.78 is 27.9. The van der Waals surface area contributed by atoms with Gasteiger partial charge in [0, 0.05) is 18.7 Å². The number of hydrogen-bond acceptors (Lipinski definition) is 3. The van der Waals surface area contributed by atoms with Gasteiger partial charge in [0.25, 0.3) is 5.91 Å². The molecule has 2 aromatic rings. The minimum Gasteiger partial charge on any atom is -0.345 e. The van der Waals surface area contributed by atoms with Crippen molar-refractivity contribution in [3.8, 4) is 0 Å². The normalized spacial score (nSPS) is 16.5. The molecule has 31 heavy (non-hydrogen) atoms. The highest BCUT2D eigenvalue weighted by Gasteiger charge is 2.26. The molecule has 1 amide bonds. The second-order valence-corrected chi connectivity index (χ2v) is 10.7. The van der Waals surface area contributed by atoms with Gasteiger partial charge < -0.3 is 5.32 Å². The summed E-state index contributed by atoms with van der Waals surface area (Å²) in [6.07, 6.45) is 3.88. The predicted octanol–water partition coefficient (Wildman–Crippen LogP) is 4.98. The number of benzene rings is 2. The largest absolute Gasteiger partial charge is 0.345 e. The average Bonchev–Trinajstić information content (AvgIpc) is 3.01. The monoisotopic (exact) mass is 442 g/mol. The predicted molar refractivity (Wildman–Crippen MR) is 125 cm³/mol. The molecule has 0 aromatic heterocycles. The molecule has 0 unspecified atom stereocenters. The fraction of sp³-hybridized carbons (Fsp3) is 0.480. The van der Waals surface area contributed by atoms with E-state index in [4.69, 9.17) is 0 Å². The lowest BCUT2D eigenvalue weighted by Crippen LogP contribution is -2.32. The lowest BCUT2D eigenvalue weighted by atomic mass is 9.96. The van der Waals surface area contributed by atoms with E-state index < -0.39 is 10.0 Å². The number of carbonyl (C=O) groups excluding carboxylic acids is 1. The van der Waals surface area contributed by atoms with Gasteiger partial charge in [-0.05, 0) is 87.4 Å². The van der Waals surface area contributed by atoms with E-state index in [0.717, 1.165) is 42.4 Å². The molecule has 1 saturated heterocycles. The quantitative estimate of drug-likeness (QED) is 0.710. The van der Waals surface area contributed by atoms with Gasteiger partial charge in [-0.25, -0.2) is 8.42 Å². The number of nitrogens with one attached hydrogen (secondary N) is 1. The zero-order valence-corrected chi connectivity index (χ0v) is 20.1. The molecule has 5 nitrogen and oxygen atoms in total. The second kappa shape index (κ2) is 9.53. The van der Waals surface area contributed by atoms with Crippen LogP contribution in [0.4, 0.5) is 0 Å². The Balaban J connectivity index is 1.86. The summed E-state index contributed by atoms with van der Waals surface area (Å²) in [6, 6.07) is 8.94. The molecule has 0 saturated carbocycles. The highest BCUT2D eigenvalue weighted by molar-refractivity contribution is 7.89. The summed E-state index contributed by atoms with van der Waals surface area (Å²) in [6.45, 7) is 11.1. The van der Waals surface area contributed by atoms with Gasteiger partial charge in [-0.1, -0.05) is 31.0 Å². The van der Waals surface area contributed by atoms with Gasteiger partial charge in [-0.15, -0.1) is 0 Å². The van der Waals surface area contributed by atoms with Crippen LogP contribution in [-0.2, 0) is 10.0 Å². The molecule has 0 spiro atoms. The number of nitrogens with zero attached hydrogens (tertiary/aromatic N) is 1. The molecule has 1 heterocycles. The van der Waals surface area contributed by atoms with E-state index in [0.29, 0.717) is 18.7 Å². The van der Waals surface area contributed by atoms with Crippen LogP contribution in [0.5, 0.6) is 0 Å². The number of carbonyl (C=O) groups is 1. The highest BCUT2D eigenvalue weighted by Crippen LogP contribution is 2.25. The Morgan fingerprint density at radius 1 is 0.871 bits per heavy atom. The second-order valence-electron chi connectivity index (χ2n) is 8.78. The molecule has 0 radical (unpaired) electrons. The first-order valence-electron chi connectivity index (χ1n) is 11.1. The molecule has 3 rings (SSSR count). The smallest absolute Gasteiger partial charge is 0.252 e. The Morgan fingerprint density at radius 3 is 2.13 bits per heavy atom. The van der Waals surface area contributed by atoms with E-state index in [-0.39, 0.29) is 16.8 Å². The van der Waals surface area contributed by atoms with Gasteiger partial charge in [0.2, 0.25) is 10.0 Å². The lowest BCUT2D eigenvalue weighted by molar-refractivity contribution is 0.0939. The van der Waals surface area contributed by atoms with E-state index in [2.05, 4.69) is 31.3 Å². The molecule has 6 heteroatoms. The Labute approximate surface area is 186 Å². The SMILES string of the molecule is Cc1cc(C)c([C@@H](C)NC(=O)c2cc(S(=O)(=O)N3CCCCCC3)ccc2C)cc1C. The maximum Gasteiger partial charge on any atom is 0.252 e. The van der Waals surface area contributed by atoms with E-state index in [1.54, 1.807) is 16.4 Å². The van der Waals surface area contributed by atoms with Crippen LogP contribution >= 0.6 is 0 Å². The van der Waals surface area contributed by atoms with Crippen molar-refractivity contribution in [2.24, 2.45) is 0 Å². The van der Waals surface area contributed by atoms with Gasteiger partial charge in [0.05, 0.1) is 10.9 Å². The molecular weight excluding hydrogens is 408 g/mol. The summed E-state index contributed by atoms with van der Waals surface area (Å²) in [4.78, 5) is 13.3. The summed E-state index contributed by atoms with van der Waals surface area (Å²) in [5, 5.41) is 3.06. The maximum absolute atomic E-state index is 13.2. The Bertz CT molecular complexity index is 1070. The van der Waals surface area contributed by atoms with Crippen molar-refractivity contribution in [3.63, 3.8) is 0 Å². The summed E-state index contributed by atoms with van der Waals surface area (Å²) >= 11 is 0. The third-order valence-electron chi connectivity index (χ3n) is 6.35. The third-order valence-corrected chi connectivity index (χ3v) is 8.25. The lowest BCUT2D eigenvalue weighted by Gasteiger charge is -2.21. The number of amides is 1.